The average molecular weight is 391 g/mol. The summed E-state index contributed by atoms with van der Waals surface area (Å²) >= 11 is 0. The highest BCUT2D eigenvalue weighted by Gasteiger charge is 2.30. The molecule has 0 saturated carbocycles. The number of anilines is 2. The van der Waals surface area contributed by atoms with Crippen molar-refractivity contribution in [3.8, 4) is 11.3 Å². The summed E-state index contributed by atoms with van der Waals surface area (Å²) in [5, 5.41) is 2.97. The molecule has 1 amide bonds. The number of amides is 1. The van der Waals surface area contributed by atoms with Crippen molar-refractivity contribution < 1.29 is 9.53 Å². The summed E-state index contributed by atoms with van der Waals surface area (Å²) in [7, 11) is 0. The molecule has 7 nitrogen and oxygen atoms in total. The van der Waals surface area contributed by atoms with Gasteiger partial charge in [0, 0.05) is 42.1 Å². The van der Waals surface area contributed by atoms with E-state index in [0.29, 0.717) is 19.6 Å². The molecule has 0 spiro atoms. The smallest absolute Gasteiger partial charge is 0.228 e. The Balaban J connectivity index is 1.78. The first kappa shape index (κ1) is 18.1. The van der Waals surface area contributed by atoms with Gasteiger partial charge in [0.05, 0.1) is 31.0 Å². The van der Waals surface area contributed by atoms with Gasteiger partial charge in [0.25, 0.3) is 0 Å². The number of morpholine rings is 1. The molecule has 7 heteroatoms. The Morgan fingerprint density at radius 3 is 2.72 bits per heavy atom. The van der Waals surface area contributed by atoms with Crippen molar-refractivity contribution in [2.24, 2.45) is 0 Å². The number of carbonyl (C=O) groups is 1. The molecule has 1 aromatic carbocycles. The fourth-order valence-electron chi connectivity index (χ4n) is 4.21. The molecule has 29 heavy (non-hydrogen) atoms. The zero-order chi connectivity index (χ0) is 20.2. The summed E-state index contributed by atoms with van der Waals surface area (Å²) in [4.78, 5) is 24.1. The Kier molecular flexibility index (Phi) is 4.10. The number of benzene rings is 1. The topological polar surface area (TPSA) is 71.8 Å². The number of nitrogens with one attached hydrogen (secondary N) is 1. The summed E-state index contributed by atoms with van der Waals surface area (Å²) in [5.41, 5.74) is 5.72. The molecule has 2 aliphatic rings. The van der Waals surface area contributed by atoms with Crippen molar-refractivity contribution in [1.29, 1.82) is 0 Å². The Hall–Kier alpha value is -2.93. The molecule has 0 radical (unpaired) electrons. The fraction of sp³-hybridized carbons (Fsp3) is 0.409. The second-order valence-corrected chi connectivity index (χ2v) is 8.66. The minimum absolute atomic E-state index is 0.0363. The predicted molar refractivity (Wildman–Crippen MR) is 112 cm³/mol. The first-order valence-corrected chi connectivity index (χ1v) is 10.1. The maximum Gasteiger partial charge on any atom is 0.228 e. The molecule has 0 unspecified atom stereocenters. The van der Waals surface area contributed by atoms with Crippen molar-refractivity contribution in [2.75, 3.05) is 36.5 Å². The number of ether oxygens (including phenoxy) is 1. The highest BCUT2D eigenvalue weighted by atomic mass is 16.5. The Morgan fingerprint density at radius 2 is 1.97 bits per heavy atom. The maximum absolute atomic E-state index is 12.1. The van der Waals surface area contributed by atoms with Gasteiger partial charge in [-0.3, -0.25) is 9.20 Å². The Morgan fingerprint density at radius 1 is 1.17 bits per heavy atom. The van der Waals surface area contributed by atoms with Crippen molar-refractivity contribution in [1.82, 2.24) is 14.4 Å². The Labute approximate surface area is 169 Å². The molecule has 0 aliphatic carbocycles. The number of imidazole rings is 1. The summed E-state index contributed by atoms with van der Waals surface area (Å²) < 4.78 is 7.65. The van der Waals surface area contributed by atoms with Crippen LogP contribution in [0, 0.1) is 0 Å². The number of fused-ring (bicyclic) bond motifs is 2. The lowest BCUT2D eigenvalue weighted by molar-refractivity contribution is -0.115. The summed E-state index contributed by atoms with van der Waals surface area (Å²) in [6.07, 6.45) is 4.20. The van der Waals surface area contributed by atoms with Crippen LogP contribution < -0.4 is 10.2 Å². The van der Waals surface area contributed by atoms with Crippen LogP contribution in [0.3, 0.4) is 0 Å². The van der Waals surface area contributed by atoms with Gasteiger partial charge in [0.1, 0.15) is 0 Å². The lowest BCUT2D eigenvalue weighted by atomic mass is 9.87. The van der Waals surface area contributed by atoms with Gasteiger partial charge >= 0.3 is 0 Å². The molecule has 150 valence electrons. The van der Waals surface area contributed by atoms with Crippen molar-refractivity contribution >= 4 is 23.1 Å². The van der Waals surface area contributed by atoms with Gasteiger partial charge in [-0.15, -0.1) is 0 Å². The minimum Gasteiger partial charge on any atom is -0.378 e. The predicted octanol–water partition coefficient (Wildman–Crippen LogP) is 3.03. The first-order chi connectivity index (χ1) is 13.9. The monoisotopic (exact) mass is 391 g/mol. The van der Waals surface area contributed by atoms with E-state index in [2.05, 4.69) is 46.4 Å². The number of rotatable bonds is 2. The van der Waals surface area contributed by atoms with Crippen molar-refractivity contribution in [3.63, 3.8) is 0 Å². The molecule has 5 rings (SSSR count). The van der Waals surface area contributed by atoms with Crippen LogP contribution >= 0.6 is 0 Å². The van der Waals surface area contributed by atoms with E-state index in [1.807, 2.05) is 24.5 Å². The second-order valence-electron chi connectivity index (χ2n) is 8.66. The van der Waals surface area contributed by atoms with E-state index in [4.69, 9.17) is 9.72 Å². The highest BCUT2D eigenvalue weighted by Crippen LogP contribution is 2.40. The summed E-state index contributed by atoms with van der Waals surface area (Å²) in [6, 6.07) is 6.05. The van der Waals surface area contributed by atoms with Crippen LogP contribution in [-0.2, 0) is 21.4 Å². The molecule has 0 atom stereocenters. The van der Waals surface area contributed by atoms with Crippen molar-refractivity contribution in [2.45, 2.75) is 32.6 Å². The number of hydrogen-bond donors (Lipinski definition) is 1. The molecule has 1 fully saturated rings. The normalized spacial score (nSPS) is 16.9. The molecule has 0 bridgehead atoms. The second kappa shape index (κ2) is 6.56. The van der Waals surface area contributed by atoms with E-state index in [0.717, 1.165) is 52.8 Å². The van der Waals surface area contributed by atoms with Gasteiger partial charge in [-0.2, -0.15) is 0 Å². The maximum atomic E-state index is 12.1. The van der Waals surface area contributed by atoms with Gasteiger partial charge in [0.15, 0.2) is 11.5 Å². The standard InChI is InChI=1S/C22H25N5O2/c1-22(2,3)19-18(14-5-4-6-16-15(14)13-17(28)24-16)27-8-7-23-20(21(27)25-19)26-9-11-29-12-10-26/h4-8H,9-13H2,1-3H3,(H,24,28). The lowest BCUT2D eigenvalue weighted by Crippen LogP contribution is -2.37. The number of nitrogens with zero attached hydrogens (tertiary/aromatic N) is 4. The van der Waals surface area contributed by atoms with Crippen LogP contribution in [0.25, 0.3) is 16.9 Å². The van der Waals surface area contributed by atoms with Gasteiger partial charge < -0.3 is 15.0 Å². The van der Waals surface area contributed by atoms with Crippen LogP contribution in [0.1, 0.15) is 32.0 Å². The van der Waals surface area contributed by atoms with Crippen LogP contribution in [0.2, 0.25) is 0 Å². The third-order valence-corrected chi connectivity index (χ3v) is 5.59. The molecule has 4 heterocycles. The Bertz CT molecular complexity index is 1110. The average Bonchev–Trinajstić information content (AvgIpc) is 3.28. The first-order valence-electron chi connectivity index (χ1n) is 10.1. The minimum atomic E-state index is -0.164. The fourth-order valence-corrected chi connectivity index (χ4v) is 4.21. The van der Waals surface area contributed by atoms with Crippen LogP contribution in [0.5, 0.6) is 0 Å². The van der Waals surface area contributed by atoms with Crippen LogP contribution in [0.15, 0.2) is 30.6 Å². The van der Waals surface area contributed by atoms with Crippen LogP contribution in [0.4, 0.5) is 11.5 Å². The quantitative estimate of drug-likeness (QED) is 0.727. The molecule has 2 aromatic heterocycles. The number of carbonyl (C=O) groups excluding carboxylic acids is 1. The van der Waals surface area contributed by atoms with E-state index >= 15 is 0 Å². The largest absolute Gasteiger partial charge is 0.378 e. The molecule has 2 aliphatic heterocycles. The van der Waals surface area contributed by atoms with Gasteiger partial charge in [0.2, 0.25) is 5.91 Å². The lowest BCUT2D eigenvalue weighted by Gasteiger charge is -2.27. The third kappa shape index (κ3) is 2.97. The van der Waals surface area contributed by atoms with E-state index in [1.165, 1.54) is 0 Å². The molecule has 3 aromatic rings. The zero-order valence-corrected chi connectivity index (χ0v) is 17.0. The summed E-state index contributed by atoms with van der Waals surface area (Å²) in [5.74, 6) is 0.920. The number of hydrogen-bond acceptors (Lipinski definition) is 5. The van der Waals surface area contributed by atoms with Gasteiger partial charge in [-0.25, -0.2) is 9.97 Å². The van der Waals surface area contributed by atoms with Crippen molar-refractivity contribution in [3.05, 3.63) is 41.9 Å². The van der Waals surface area contributed by atoms with E-state index in [9.17, 15) is 4.79 Å². The molecular formula is C22H25N5O2. The summed E-state index contributed by atoms with van der Waals surface area (Å²) in [6.45, 7) is 9.52. The zero-order valence-electron chi connectivity index (χ0n) is 17.0. The number of aromatic nitrogens is 3. The molecule has 1 N–H and O–H groups in total. The molecular weight excluding hydrogens is 366 g/mol. The SMILES string of the molecule is CC(C)(C)c1nc2c(N3CCOCC3)nccn2c1-c1cccc2c1CC(=O)N2. The third-order valence-electron chi connectivity index (χ3n) is 5.59. The van der Waals surface area contributed by atoms with Gasteiger partial charge in [-0.1, -0.05) is 32.9 Å². The van der Waals surface area contributed by atoms with Gasteiger partial charge in [-0.05, 0) is 11.6 Å². The highest BCUT2D eigenvalue weighted by molar-refractivity contribution is 6.02. The van der Waals surface area contributed by atoms with Crippen LogP contribution in [-0.4, -0.2) is 46.6 Å². The van der Waals surface area contributed by atoms with E-state index < -0.39 is 0 Å². The van der Waals surface area contributed by atoms with E-state index in [-0.39, 0.29) is 11.3 Å². The van der Waals surface area contributed by atoms with E-state index in [1.54, 1.807) is 0 Å². The molecule has 1 saturated heterocycles.